The van der Waals surface area contributed by atoms with E-state index in [-0.39, 0.29) is 28.0 Å². The molecule has 12 nitrogen and oxygen atoms in total. The topological polar surface area (TPSA) is 211 Å². The summed E-state index contributed by atoms with van der Waals surface area (Å²) in [5.41, 5.74) is -1.20. The molecule has 1 aliphatic rings. The number of phenolic OH excluding ortho intramolecular Hbond substituents is 3. The van der Waals surface area contributed by atoms with Gasteiger partial charge in [0.25, 0.3) is 0 Å². The van der Waals surface area contributed by atoms with E-state index in [0.29, 0.717) is 0 Å². The van der Waals surface area contributed by atoms with E-state index in [1.54, 1.807) is 0 Å². The van der Waals surface area contributed by atoms with Crippen molar-refractivity contribution in [3.05, 3.63) is 40.6 Å². The normalized spacial score (nSPS) is 25.3. The Morgan fingerprint density at radius 1 is 0.879 bits per heavy atom. The van der Waals surface area contributed by atoms with Gasteiger partial charge < -0.3 is 54.7 Å². The molecule has 0 bridgehead atoms. The molecule has 0 aliphatic carbocycles. The van der Waals surface area contributed by atoms with Gasteiger partial charge in [-0.15, -0.1) is 0 Å². The van der Waals surface area contributed by atoms with Crippen LogP contribution in [-0.4, -0.2) is 78.2 Å². The molecule has 2 aromatic carbocycles. The zero-order valence-corrected chi connectivity index (χ0v) is 16.7. The van der Waals surface area contributed by atoms with Crippen molar-refractivity contribution in [3.8, 4) is 40.1 Å². The second-order valence-electron chi connectivity index (χ2n) is 7.44. The average Bonchev–Trinajstić information content (AvgIpc) is 2.78. The van der Waals surface area contributed by atoms with Crippen LogP contribution in [-0.2, 0) is 4.74 Å². The third-order valence-corrected chi connectivity index (χ3v) is 5.26. The highest BCUT2D eigenvalue weighted by atomic mass is 16.7. The number of hydrogen-bond donors (Lipinski definition) is 8. The molecule has 0 unspecified atom stereocenters. The number of benzene rings is 2. The molecule has 12 heteroatoms. The Labute approximate surface area is 184 Å². The van der Waals surface area contributed by atoms with Gasteiger partial charge in [0.2, 0.25) is 17.5 Å². The molecule has 8 N–H and O–H groups in total. The number of ether oxygens (including phenoxy) is 2. The summed E-state index contributed by atoms with van der Waals surface area (Å²) in [6.45, 7) is -0.676. The van der Waals surface area contributed by atoms with E-state index < -0.39 is 65.7 Å². The maximum absolute atomic E-state index is 12.6. The number of aliphatic hydroxyl groups excluding tert-OH is 4. The first-order chi connectivity index (χ1) is 15.6. The SMILES string of the molecule is O=c1c(O)c(-c2ccc(O)c(O)c2)oc2cc(O[C@H]3O[C@H](CO)[C@H](O)[C@@H](O)[C@H]3O)cc(O)c12. The van der Waals surface area contributed by atoms with Crippen LogP contribution in [0.5, 0.6) is 28.7 Å². The van der Waals surface area contributed by atoms with Crippen molar-refractivity contribution in [2.75, 3.05) is 6.61 Å². The smallest absolute Gasteiger partial charge is 0.238 e. The first kappa shape index (κ1) is 22.6. The van der Waals surface area contributed by atoms with Crippen LogP contribution in [0.4, 0.5) is 0 Å². The quantitative estimate of drug-likeness (QED) is 0.229. The molecule has 0 saturated carbocycles. The molecular formula is C21H20O12. The van der Waals surface area contributed by atoms with Crippen LogP contribution in [0.15, 0.2) is 39.5 Å². The van der Waals surface area contributed by atoms with Crippen molar-refractivity contribution in [2.24, 2.45) is 0 Å². The zero-order valence-electron chi connectivity index (χ0n) is 16.7. The third-order valence-electron chi connectivity index (χ3n) is 5.26. The lowest BCUT2D eigenvalue weighted by molar-refractivity contribution is -0.277. The largest absolute Gasteiger partial charge is 0.507 e. The van der Waals surface area contributed by atoms with E-state index in [1.165, 1.54) is 6.07 Å². The van der Waals surface area contributed by atoms with E-state index in [9.17, 15) is 45.6 Å². The van der Waals surface area contributed by atoms with Crippen molar-refractivity contribution in [1.82, 2.24) is 0 Å². The number of phenols is 3. The van der Waals surface area contributed by atoms with Crippen molar-refractivity contribution in [1.29, 1.82) is 0 Å². The fourth-order valence-corrected chi connectivity index (χ4v) is 3.49. The molecule has 176 valence electrons. The predicted molar refractivity (Wildman–Crippen MR) is 109 cm³/mol. The maximum Gasteiger partial charge on any atom is 0.238 e. The number of hydrogen-bond acceptors (Lipinski definition) is 12. The molecule has 1 aromatic heterocycles. The predicted octanol–water partition coefficient (Wildman–Crippen LogP) is -0.539. The van der Waals surface area contributed by atoms with Gasteiger partial charge in [-0.2, -0.15) is 0 Å². The standard InChI is InChI=1S/C21H20O12/c22-6-13-15(26)17(28)19(30)21(33-13)31-8-4-11(25)14-12(5-8)32-20(18(29)16(14)27)7-1-2-9(23)10(24)3-7/h1-5,13,15,17,19,21-26,28-30H,6H2/t13-,15+,17-,19-,21+/m1/s1. The fourth-order valence-electron chi connectivity index (χ4n) is 3.49. The molecule has 1 saturated heterocycles. The lowest BCUT2D eigenvalue weighted by Gasteiger charge is -2.39. The summed E-state index contributed by atoms with van der Waals surface area (Å²) in [5.74, 6) is -3.02. The van der Waals surface area contributed by atoms with E-state index >= 15 is 0 Å². The monoisotopic (exact) mass is 464 g/mol. The molecule has 5 atom stereocenters. The Kier molecular flexibility index (Phi) is 5.78. The summed E-state index contributed by atoms with van der Waals surface area (Å²) in [6.07, 6.45) is -7.80. The molecule has 2 heterocycles. The van der Waals surface area contributed by atoms with Crippen molar-refractivity contribution in [2.45, 2.75) is 30.7 Å². The number of aliphatic hydroxyl groups is 4. The molecule has 0 radical (unpaired) electrons. The summed E-state index contributed by atoms with van der Waals surface area (Å²) in [4.78, 5) is 12.6. The minimum absolute atomic E-state index is 0.0431. The number of aromatic hydroxyl groups is 4. The van der Waals surface area contributed by atoms with Gasteiger partial charge in [0, 0.05) is 17.7 Å². The van der Waals surface area contributed by atoms with E-state index in [4.69, 9.17) is 13.9 Å². The lowest BCUT2D eigenvalue weighted by atomic mass is 9.99. The first-order valence-electron chi connectivity index (χ1n) is 9.64. The summed E-state index contributed by atoms with van der Waals surface area (Å²) in [7, 11) is 0. The zero-order chi connectivity index (χ0) is 24.0. The van der Waals surface area contributed by atoms with Crippen molar-refractivity contribution >= 4 is 11.0 Å². The maximum atomic E-state index is 12.6. The molecule has 4 rings (SSSR count). The van der Waals surface area contributed by atoms with Crippen LogP contribution in [0.25, 0.3) is 22.3 Å². The average molecular weight is 464 g/mol. The number of fused-ring (bicyclic) bond motifs is 1. The molecule has 0 spiro atoms. The van der Waals surface area contributed by atoms with Crippen LogP contribution in [0.1, 0.15) is 0 Å². The molecule has 1 fully saturated rings. The second-order valence-corrected chi connectivity index (χ2v) is 7.44. The van der Waals surface area contributed by atoms with Gasteiger partial charge in [-0.3, -0.25) is 4.79 Å². The highest BCUT2D eigenvalue weighted by Crippen LogP contribution is 2.38. The van der Waals surface area contributed by atoms with Crippen LogP contribution in [0.2, 0.25) is 0 Å². The summed E-state index contributed by atoms with van der Waals surface area (Å²) < 4.78 is 16.3. The van der Waals surface area contributed by atoms with Gasteiger partial charge in [-0.1, -0.05) is 0 Å². The van der Waals surface area contributed by atoms with Crippen LogP contribution >= 0.6 is 0 Å². The van der Waals surface area contributed by atoms with Gasteiger partial charge >= 0.3 is 0 Å². The van der Waals surface area contributed by atoms with Gasteiger partial charge in [-0.25, -0.2) is 0 Å². The Balaban J connectivity index is 1.76. The van der Waals surface area contributed by atoms with Crippen molar-refractivity contribution < 1.29 is 54.7 Å². The van der Waals surface area contributed by atoms with E-state index in [1.807, 2.05) is 0 Å². The summed E-state index contributed by atoms with van der Waals surface area (Å²) in [6, 6.07) is 5.55. The van der Waals surface area contributed by atoms with Crippen LogP contribution in [0, 0.1) is 0 Å². The fraction of sp³-hybridized carbons (Fsp3) is 0.286. The highest BCUT2D eigenvalue weighted by molar-refractivity contribution is 5.88. The van der Waals surface area contributed by atoms with Gasteiger partial charge in [-0.05, 0) is 18.2 Å². The Morgan fingerprint density at radius 2 is 1.61 bits per heavy atom. The second kappa shape index (κ2) is 8.42. The van der Waals surface area contributed by atoms with E-state index in [2.05, 4.69) is 0 Å². The van der Waals surface area contributed by atoms with Crippen molar-refractivity contribution in [3.63, 3.8) is 0 Å². The Morgan fingerprint density at radius 3 is 2.27 bits per heavy atom. The van der Waals surface area contributed by atoms with Gasteiger partial charge in [0.05, 0.1) is 6.61 Å². The summed E-state index contributed by atoms with van der Waals surface area (Å²) >= 11 is 0. The molecule has 3 aromatic rings. The minimum atomic E-state index is -1.72. The third kappa shape index (κ3) is 3.90. The Bertz CT molecular complexity index is 1250. The molecule has 1 aliphatic heterocycles. The van der Waals surface area contributed by atoms with Gasteiger partial charge in [0.1, 0.15) is 46.9 Å². The summed E-state index contributed by atoms with van der Waals surface area (Å²) in [5, 5.41) is 78.6. The van der Waals surface area contributed by atoms with Crippen LogP contribution in [0.3, 0.4) is 0 Å². The lowest BCUT2D eigenvalue weighted by Crippen LogP contribution is -2.60. The molecule has 0 amide bonds. The van der Waals surface area contributed by atoms with E-state index in [0.717, 1.165) is 24.3 Å². The highest BCUT2D eigenvalue weighted by Gasteiger charge is 2.44. The molecular weight excluding hydrogens is 444 g/mol. The van der Waals surface area contributed by atoms with Gasteiger partial charge in [0.15, 0.2) is 17.3 Å². The first-order valence-corrected chi connectivity index (χ1v) is 9.64. The minimum Gasteiger partial charge on any atom is -0.507 e. The Hall–Kier alpha value is -3.55. The number of rotatable bonds is 4. The van der Waals surface area contributed by atoms with Crippen LogP contribution < -0.4 is 10.2 Å². The molecule has 33 heavy (non-hydrogen) atoms.